The molecule has 0 bridgehead atoms. The molecule has 0 unspecified atom stereocenters. The minimum atomic E-state index is 0.419. The molecule has 0 fully saturated rings. The third-order valence-corrected chi connectivity index (χ3v) is 5.18. The first-order valence-electron chi connectivity index (χ1n) is 10.4. The zero-order valence-electron chi connectivity index (χ0n) is 17.6. The van der Waals surface area contributed by atoms with Crippen molar-refractivity contribution in [2.75, 3.05) is 38.4 Å². The second-order valence-corrected chi connectivity index (χ2v) is 7.21. The van der Waals surface area contributed by atoms with Crippen molar-refractivity contribution in [2.24, 2.45) is 4.99 Å². The van der Waals surface area contributed by atoms with E-state index in [1.165, 1.54) is 0 Å². The lowest BCUT2D eigenvalue weighted by molar-refractivity contribution is 0.138. The first-order valence-corrected chi connectivity index (χ1v) is 10.4. The molecule has 0 aliphatic carbocycles. The van der Waals surface area contributed by atoms with Crippen LogP contribution in [0.5, 0.6) is 5.75 Å². The maximum atomic E-state index is 8.61. The highest BCUT2D eigenvalue weighted by Gasteiger charge is 2.27. The molecule has 0 N–H and O–H groups in total. The number of hydrogen-bond donors (Lipinski definition) is 0. The third-order valence-electron chi connectivity index (χ3n) is 5.18. The molecule has 6 heteroatoms. The summed E-state index contributed by atoms with van der Waals surface area (Å²) in [4.78, 5) is 6.73. The molecule has 1 aliphatic heterocycles. The molecule has 0 atom stereocenters. The molecule has 2 aromatic carbocycles. The van der Waals surface area contributed by atoms with Crippen LogP contribution >= 0.6 is 0 Å². The van der Waals surface area contributed by atoms with Gasteiger partial charge in [0.15, 0.2) is 0 Å². The maximum Gasteiger partial charge on any atom is 0.207 e. The highest BCUT2D eigenvalue weighted by atomic mass is 16.5. The van der Waals surface area contributed by atoms with Crippen molar-refractivity contribution < 1.29 is 13.9 Å². The fourth-order valence-electron chi connectivity index (χ4n) is 3.67. The Morgan fingerprint density at radius 2 is 1.87 bits per heavy atom. The number of aliphatic imine (C=N–C) groups is 1. The number of rotatable bonds is 9. The van der Waals surface area contributed by atoms with Gasteiger partial charge in [0.25, 0.3) is 0 Å². The Kier molecular flexibility index (Phi) is 6.65. The summed E-state index contributed by atoms with van der Waals surface area (Å²) in [6.45, 7) is 2.39. The van der Waals surface area contributed by atoms with Crippen LogP contribution in [0.1, 0.15) is 18.4 Å². The average Bonchev–Trinajstić information content (AvgIpc) is 3.22. The van der Waals surface area contributed by atoms with E-state index in [4.69, 9.17) is 19.2 Å². The fraction of sp³-hybridized carbons (Fsp3) is 0.280. The van der Waals surface area contributed by atoms with Crippen molar-refractivity contribution in [1.82, 2.24) is 0 Å². The van der Waals surface area contributed by atoms with Crippen LogP contribution in [-0.4, -0.2) is 39.8 Å². The van der Waals surface area contributed by atoms with E-state index in [-0.39, 0.29) is 0 Å². The number of nitrogens with zero attached hydrogens (tertiary/aromatic N) is 3. The molecule has 6 nitrogen and oxygen atoms in total. The van der Waals surface area contributed by atoms with Crippen LogP contribution in [0.4, 0.5) is 5.88 Å². The van der Waals surface area contributed by atoms with Crippen LogP contribution in [0.2, 0.25) is 0 Å². The molecule has 2 heterocycles. The number of furan rings is 1. The highest BCUT2D eigenvalue weighted by molar-refractivity contribution is 6.02. The molecule has 4 rings (SSSR count). The summed E-state index contributed by atoms with van der Waals surface area (Å²) in [5.41, 5.74) is 4.09. The van der Waals surface area contributed by atoms with Gasteiger partial charge in [-0.15, -0.1) is 0 Å². The Morgan fingerprint density at radius 3 is 2.61 bits per heavy atom. The lowest BCUT2D eigenvalue weighted by Gasteiger charge is -2.23. The zero-order valence-corrected chi connectivity index (χ0v) is 17.6. The largest absolute Gasteiger partial charge is 0.497 e. The topological polar surface area (TPSA) is 71.0 Å². The van der Waals surface area contributed by atoms with Crippen LogP contribution in [0.15, 0.2) is 64.0 Å². The summed E-state index contributed by atoms with van der Waals surface area (Å²) in [6, 6.07) is 20.2. The second-order valence-electron chi connectivity index (χ2n) is 7.21. The molecule has 0 saturated carbocycles. The van der Waals surface area contributed by atoms with E-state index in [1.807, 2.05) is 48.7 Å². The van der Waals surface area contributed by atoms with E-state index in [2.05, 4.69) is 28.1 Å². The lowest BCUT2D eigenvalue weighted by Crippen LogP contribution is -2.28. The van der Waals surface area contributed by atoms with Gasteiger partial charge in [-0.05, 0) is 24.1 Å². The summed E-state index contributed by atoms with van der Waals surface area (Å²) >= 11 is 0. The predicted octanol–water partition coefficient (Wildman–Crippen LogP) is 5.14. The first-order chi connectivity index (χ1) is 15.3. The van der Waals surface area contributed by atoms with Gasteiger partial charge in [-0.2, -0.15) is 5.26 Å². The standard InChI is InChI=1S/C25H25N3O3/c1-29-21-11-9-19(10-12-21)23-22-17-27-18-28(14-6-16-30-15-5-13-26)25(22)31-24(23)20-7-3-2-4-8-20/h2-4,7-12,17H,5-6,14-16,18H2,1H3. The van der Waals surface area contributed by atoms with Gasteiger partial charge in [-0.25, -0.2) is 0 Å². The fourth-order valence-corrected chi connectivity index (χ4v) is 3.67. The number of methoxy groups -OCH3 is 1. The van der Waals surface area contributed by atoms with E-state index in [0.29, 0.717) is 26.3 Å². The van der Waals surface area contributed by atoms with E-state index < -0.39 is 0 Å². The molecule has 158 valence electrons. The van der Waals surface area contributed by atoms with Crippen molar-refractivity contribution in [1.29, 1.82) is 5.26 Å². The van der Waals surface area contributed by atoms with Crippen LogP contribution in [0, 0.1) is 11.3 Å². The molecule has 3 aromatic rings. The Morgan fingerprint density at radius 1 is 1.06 bits per heavy atom. The monoisotopic (exact) mass is 415 g/mol. The normalized spacial score (nSPS) is 12.5. The maximum absolute atomic E-state index is 8.61. The van der Waals surface area contributed by atoms with Crippen LogP contribution in [-0.2, 0) is 4.74 Å². The summed E-state index contributed by atoms with van der Waals surface area (Å²) in [5, 5.41) is 8.61. The first kappa shape index (κ1) is 20.7. The summed E-state index contributed by atoms with van der Waals surface area (Å²) in [6.07, 6.45) is 3.16. The summed E-state index contributed by atoms with van der Waals surface area (Å²) < 4.78 is 17.3. The molecular formula is C25H25N3O3. The van der Waals surface area contributed by atoms with Gasteiger partial charge in [0.05, 0.1) is 31.8 Å². The van der Waals surface area contributed by atoms with E-state index in [1.54, 1.807) is 7.11 Å². The van der Waals surface area contributed by atoms with Crippen molar-refractivity contribution in [3.05, 3.63) is 60.2 Å². The molecule has 0 amide bonds. The van der Waals surface area contributed by atoms with Gasteiger partial charge in [0.2, 0.25) is 5.88 Å². The number of fused-ring (bicyclic) bond motifs is 1. The van der Waals surface area contributed by atoms with Crippen molar-refractivity contribution in [3.63, 3.8) is 0 Å². The molecule has 31 heavy (non-hydrogen) atoms. The second kappa shape index (κ2) is 9.96. The van der Waals surface area contributed by atoms with Crippen LogP contribution in [0.25, 0.3) is 22.5 Å². The zero-order chi connectivity index (χ0) is 21.5. The van der Waals surface area contributed by atoms with Gasteiger partial charge in [-0.1, -0.05) is 42.5 Å². The predicted molar refractivity (Wildman–Crippen MR) is 122 cm³/mol. The van der Waals surface area contributed by atoms with E-state index >= 15 is 0 Å². The minimum Gasteiger partial charge on any atom is -0.497 e. The lowest BCUT2D eigenvalue weighted by atomic mass is 9.97. The third kappa shape index (κ3) is 4.62. The summed E-state index contributed by atoms with van der Waals surface area (Å²) in [5.74, 6) is 2.48. The van der Waals surface area contributed by atoms with E-state index in [9.17, 15) is 0 Å². The average molecular weight is 415 g/mol. The molecule has 0 spiro atoms. The van der Waals surface area contributed by atoms with Crippen LogP contribution < -0.4 is 9.64 Å². The summed E-state index contributed by atoms with van der Waals surface area (Å²) in [7, 11) is 1.67. The van der Waals surface area contributed by atoms with Gasteiger partial charge < -0.3 is 18.8 Å². The molecular weight excluding hydrogens is 390 g/mol. The van der Waals surface area contributed by atoms with Gasteiger partial charge in [0, 0.05) is 30.5 Å². The van der Waals surface area contributed by atoms with Crippen molar-refractivity contribution >= 4 is 12.1 Å². The minimum absolute atomic E-state index is 0.419. The Labute approximate surface area is 182 Å². The van der Waals surface area contributed by atoms with Gasteiger partial charge in [0.1, 0.15) is 18.2 Å². The van der Waals surface area contributed by atoms with Gasteiger partial charge >= 0.3 is 0 Å². The van der Waals surface area contributed by atoms with Gasteiger partial charge in [-0.3, -0.25) is 4.99 Å². The molecule has 0 radical (unpaired) electrons. The molecule has 0 saturated heterocycles. The number of benzene rings is 2. The number of anilines is 1. The molecule has 1 aromatic heterocycles. The Bertz CT molecular complexity index is 1070. The number of hydrogen-bond acceptors (Lipinski definition) is 6. The Balaban J connectivity index is 1.66. The Hall–Kier alpha value is -3.56. The SMILES string of the molecule is COc1ccc(-c2c(-c3ccccc3)oc3c2C=NCN3CCCOCCC#N)cc1. The van der Waals surface area contributed by atoms with Crippen molar-refractivity contribution in [3.8, 4) is 34.3 Å². The van der Waals surface area contributed by atoms with Crippen LogP contribution in [0.3, 0.4) is 0 Å². The smallest absolute Gasteiger partial charge is 0.207 e. The number of nitriles is 1. The quantitative estimate of drug-likeness (QED) is 0.453. The molecule has 1 aliphatic rings. The van der Waals surface area contributed by atoms with Crippen molar-refractivity contribution in [2.45, 2.75) is 12.8 Å². The number of ether oxygens (including phenoxy) is 2. The van der Waals surface area contributed by atoms with E-state index in [0.717, 1.165) is 52.6 Å². The highest BCUT2D eigenvalue weighted by Crippen LogP contribution is 2.43.